The lowest BCUT2D eigenvalue weighted by Gasteiger charge is -2.10. The van der Waals surface area contributed by atoms with Gasteiger partial charge < -0.3 is 4.74 Å². The van der Waals surface area contributed by atoms with Crippen LogP contribution < -0.4 is 0 Å². The van der Waals surface area contributed by atoms with E-state index in [9.17, 15) is 0 Å². The van der Waals surface area contributed by atoms with E-state index in [-0.39, 0.29) is 0 Å². The van der Waals surface area contributed by atoms with Gasteiger partial charge in [-0.15, -0.1) is 6.58 Å². The Bertz CT molecular complexity index is 948. The summed E-state index contributed by atoms with van der Waals surface area (Å²) >= 11 is 0. The van der Waals surface area contributed by atoms with Crippen molar-refractivity contribution in [3.63, 3.8) is 0 Å². The Balaban J connectivity index is 1.49. The van der Waals surface area contributed by atoms with Crippen LogP contribution in [0.15, 0.2) is 91.5 Å². The molecule has 1 nitrogen and oxygen atoms in total. The first kappa shape index (κ1) is 22.8. The van der Waals surface area contributed by atoms with E-state index in [1.165, 1.54) is 33.4 Å². The Morgan fingerprint density at radius 3 is 1.97 bits per heavy atom. The van der Waals surface area contributed by atoms with Gasteiger partial charge in [-0.25, -0.2) is 0 Å². The second-order valence-electron chi connectivity index (χ2n) is 7.88. The van der Waals surface area contributed by atoms with E-state index in [1.807, 2.05) is 12.1 Å². The molecule has 3 aromatic rings. The average molecular weight is 410 g/mol. The first-order chi connectivity index (χ1) is 15.3. The number of aryl methyl sites for hydroxylation is 4. The van der Waals surface area contributed by atoms with Crippen LogP contribution in [-0.2, 0) is 43.4 Å². The Kier molecular flexibility index (Phi) is 9.34. The van der Waals surface area contributed by atoms with Crippen LogP contribution in [0.1, 0.15) is 40.3 Å². The largest absolute Gasteiger partial charge is 0.373 e. The van der Waals surface area contributed by atoms with E-state index in [4.69, 9.17) is 4.74 Å². The Hall–Kier alpha value is -2.90. The summed E-state index contributed by atoms with van der Waals surface area (Å²) in [6.45, 7) is 6.97. The molecule has 3 rings (SSSR count). The minimum absolute atomic E-state index is 0.580. The second-order valence-corrected chi connectivity index (χ2v) is 7.88. The highest BCUT2D eigenvalue weighted by atomic mass is 16.5. The van der Waals surface area contributed by atoms with Gasteiger partial charge in [-0.3, -0.25) is 0 Å². The number of rotatable bonds is 12. The lowest BCUT2D eigenvalue weighted by molar-refractivity contribution is 0.148. The molecule has 3 aromatic carbocycles. The summed E-state index contributed by atoms with van der Waals surface area (Å²) in [6.07, 6.45) is 11.3. The van der Waals surface area contributed by atoms with Crippen LogP contribution in [0, 0.1) is 6.07 Å². The van der Waals surface area contributed by atoms with E-state index in [2.05, 4.69) is 86.3 Å². The predicted octanol–water partition coefficient (Wildman–Crippen LogP) is 6.88. The zero-order valence-corrected chi connectivity index (χ0v) is 18.6. The summed E-state index contributed by atoms with van der Waals surface area (Å²) in [4.78, 5) is 0. The zero-order valence-electron chi connectivity index (χ0n) is 18.6. The SMILES string of the molecule is C=CCOCc1ccc[c]c1CCc1ccc(CCc2ccc(CC=CC)cc2)cc1. The summed E-state index contributed by atoms with van der Waals surface area (Å²) in [5, 5.41) is 0. The van der Waals surface area contributed by atoms with Gasteiger partial charge in [-0.1, -0.05) is 85.0 Å². The van der Waals surface area contributed by atoms with Crippen LogP contribution in [0.25, 0.3) is 0 Å². The second kappa shape index (κ2) is 12.7. The standard InChI is InChI=1S/C30H33O/c1-3-5-8-25-11-13-26(14-12-25)15-16-27-17-19-28(20-18-27)21-22-29-9-6-7-10-30(29)24-31-23-4-2/h3-7,10-14,17-20H,2,8,15-16,21-24H2,1H3. The maximum Gasteiger partial charge on any atom is 0.0724 e. The molecule has 0 aromatic heterocycles. The number of ether oxygens (including phenoxy) is 1. The zero-order chi connectivity index (χ0) is 21.7. The highest BCUT2D eigenvalue weighted by Crippen LogP contribution is 2.15. The highest BCUT2D eigenvalue weighted by molar-refractivity contribution is 5.29. The molecule has 0 spiro atoms. The van der Waals surface area contributed by atoms with Crippen molar-refractivity contribution in [2.75, 3.05) is 6.61 Å². The summed E-state index contributed by atoms with van der Waals surface area (Å²) in [5.74, 6) is 0. The quantitative estimate of drug-likeness (QED) is 0.234. The van der Waals surface area contributed by atoms with E-state index < -0.39 is 0 Å². The van der Waals surface area contributed by atoms with Gasteiger partial charge in [-0.2, -0.15) is 0 Å². The molecular formula is C30H33O. The number of allylic oxidation sites excluding steroid dienone is 2. The molecule has 0 atom stereocenters. The molecule has 0 heterocycles. The molecule has 159 valence electrons. The molecule has 0 unspecified atom stereocenters. The maximum absolute atomic E-state index is 5.62. The van der Waals surface area contributed by atoms with E-state index in [0.29, 0.717) is 13.2 Å². The number of benzene rings is 3. The summed E-state index contributed by atoms with van der Waals surface area (Å²) < 4.78 is 5.62. The smallest absolute Gasteiger partial charge is 0.0724 e. The molecule has 0 bridgehead atoms. The highest BCUT2D eigenvalue weighted by Gasteiger charge is 2.04. The lowest BCUT2D eigenvalue weighted by atomic mass is 9.98. The van der Waals surface area contributed by atoms with Crippen molar-refractivity contribution >= 4 is 0 Å². The normalized spacial score (nSPS) is 11.1. The van der Waals surface area contributed by atoms with E-state index in [0.717, 1.165) is 32.1 Å². The minimum Gasteiger partial charge on any atom is -0.373 e. The molecule has 0 aliphatic heterocycles. The predicted molar refractivity (Wildman–Crippen MR) is 131 cm³/mol. The summed E-state index contributed by atoms with van der Waals surface area (Å²) in [6, 6.07) is 27.6. The Labute approximate surface area is 188 Å². The van der Waals surface area contributed by atoms with Gasteiger partial charge in [0.15, 0.2) is 0 Å². The van der Waals surface area contributed by atoms with Gasteiger partial charge in [0.2, 0.25) is 0 Å². The first-order valence-corrected chi connectivity index (χ1v) is 11.2. The van der Waals surface area contributed by atoms with Gasteiger partial charge in [-0.05, 0) is 78.5 Å². The average Bonchev–Trinajstić information content (AvgIpc) is 2.82. The van der Waals surface area contributed by atoms with Crippen LogP contribution >= 0.6 is 0 Å². The van der Waals surface area contributed by atoms with Gasteiger partial charge in [0.05, 0.1) is 13.2 Å². The molecular weight excluding hydrogens is 376 g/mol. The molecule has 31 heavy (non-hydrogen) atoms. The maximum atomic E-state index is 5.62. The molecule has 0 saturated carbocycles. The third-order valence-corrected chi connectivity index (χ3v) is 5.53. The molecule has 0 fully saturated rings. The van der Waals surface area contributed by atoms with Crippen molar-refractivity contribution < 1.29 is 4.74 Å². The minimum atomic E-state index is 0.580. The summed E-state index contributed by atoms with van der Waals surface area (Å²) in [7, 11) is 0. The monoisotopic (exact) mass is 409 g/mol. The molecule has 1 radical (unpaired) electrons. The van der Waals surface area contributed by atoms with Crippen LogP contribution in [0.2, 0.25) is 0 Å². The molecule has 0 saturated heterocycles. The topological polar surface area (TPSA) is 9.23 Å². The van der Waals surface area contributed by atoms with Crippen LogP contribution in [0.3, 0.4) is 0 Å². The van der Waals surface area contributed by atoms with Crippen molar-refractivity contribution in [2.24, 2.45) is 0 Å². The molecule has 0 aliphatic carbocycles. The lowest BCUT2D eigenvalue weighted by Crippen LogP contribution is -2.00. The van der Waals surface area contributed by atoms with Gasteiger partial charge >= 0.3 is 0 Å². The number of hydrogen-bond acceptors (Lipinski definition) is 1. The van der Waals surface area contributed by atoms with Crippen molar-refractivity contribution in [2.45, 2.75) is 45.6 Å². The van der Waals surface area contributed by atoms with Gasteiger partial charge in [0, 0.05) is 0 Å². The fourth-order valence-corrected chi connectivity index (χ4v) is 3.65. The van der Waals surface area contributed by atoms with Crippen molar-refractivity contribution in [1.82, 2.24) is 0 Å². The van der Waals surface area contributed by atoms with E-state index in [1.54, 1.807) is 6.08 Å². The fraction of sp³-hybridized carbons (Fsp3) is 0.267. The third-order valence-electron chi connectivity index (χ3n) is 5.53. The molecule has 1 heteroatoms. The number of hydrogen-bond donors (Lipinski definition) is 0. The third kappa shape index (κ3) is 7.70. The summed E-state index contributed by atoms with van der Waals surface area (Å²) in [5.41, 5.74) is 8.00. The molecule has 0 amide bonds. The van der Waals surface area contributed by atoms with Crippen LogP contribution in [0.5, 0.6) is 0 Å². The molecule has 0 N–H and O–H groups in total. The van der Waals surface area contributed by atoms with Crippen molar-refractivity contribution in [1.29, 1.82) is 0 Å². The van der Waals surface area contributed by atoms with Gasteiger partial charge in [0.25, 0.3) is 0 Å². The Morgan fingerprint density at radius 2 is 1.39 bits per heavy atom. The van der Waals surface area contributed by atoms with Crippen LogP contribution in [0.4, 0.5) is 0 Å². The van der Waals surface area contributed by atoms with E-state index >= 15 is 0 Å². The first-order valence-electron chi connectivity index (χ1n) is 11.2. The molecule has 0 aliphatic rings. The van der Waals surface area contributed by atoms with Gasteiger partial charge in [0.1, 0.15) is 0 Å². The van der Waals surface area contributed by atoms with Crippen molar-refractivity contribution in [3.8, 4) is 0 Å². The van der Waals surface area contributed by atoms with Crippen molar-refractivity contribution in [3.05, 3.63) is 131 Å². The Morgan fingerprint density at radius 1 is 0.806 bits per heavy atom. The fourth-order valence-electron chi connectivity index (χ4n) is 3.65. The van der Waals surface area contributed by atoms with Crippen LogP contribution in [-0.4, -0.2) is 6.61 Å².